The molecule has 7 aliphatic rings. The van der Waals surface area contributed by atoms with Crippen molar-refractivity contribution in [3.05, 3.63) is 153 Å². The minimum atomic E-state index is -1.47. The summed E-state index contributed by atoms with van der Waals surface area (Å²) in [6.07, 6.45) is 8.40. The van der Waals surface area contributed by atoms with Crippen LogP contribution in [-0.4, -0.2) is 191 Å². The van der Waals surface area contributed by atoms with Crippen molar-refractivity contribution in [3.8, 4) is 0 Å². The van der Waals surface area contributed by atoms with Crippen molar-refractivity contribution in [2.45, 2.75) is 210 Å². The number of ether oxygens (including phenoxy) is 8. The van der Waals surface area contributed by atoms with E-state index in [1.54, 1.807) is 17.0 Å². The standard InChI is InChI=1S/C94H120N12O18.2CN.Co/c1-21-58-51(3)66-43-67-54(6)61(26-31-77(108)109)73(98-67)46-72-60(53(5)69(99-72)45-71-59(22-2)52(4)68(97-71)44-70(58)96-66)25-30-76(107)95-37-40-123-41-38-106-50-57(104-105-106)24-23-39-124-84(116)48-92(12)62(27-32-78(110)117-15)74-47-75-90(9,10)63(28-33-79(111)118-16)85(101-75)55(7)87-91(11,36-35-81(113)120-18)65(42-82(114)121-19)89(102-87)94(14)93(13,49-83(115)122-20)64(29-34-80(112)119-17)86(103-94)56(8)88(92)100-74;2*1-2;/h21-22,43-47,50,62-65,89H,1-2,23-42,48-49H2,3-20H3,(H5,95,96,97,98,99,100,101,102,103,104,105,107,108,109);;;/q;2*-1;+3/p-1/t62-,63-,64-,65+,89?,91-,92+,93+,94+;;;/m1.../s1. The molecule has 0 aliphatic carbocycles. The number of H-pyrrole nitrogens is 2. The van der Waals surface area contributed by atoms with Crippen molar-refractivity contribution >= 4 is 121 Å². The Hall–Kier alpha value is -12.1. The number of carboxylic acid groups (broad SMARTS) is 1. The van der Waals surface area contributed by atoms with Crippen LogP contribution in [0.3, 0.4) is 0 Å². The summed E-state index contributed by atoms with van der Waals surface area (Å²) in [7, 11) is 7.82. The van der Waals surface area contributed by atoms with Gasteiger partial charge in [0.25, 0.3) is 0 Å². The number of allylic oxidation sites excluding steroid dienone is 11. The number of aromatic amines is 2. The van der Waals surface area contributed by atoms with E-state index in [-0.39, 0.29) is 139 Å². The van der Waals surface area contributed by atoms with Crippen molar-refractivity contribution < 1.29 is 103 Å². The molecule has 129 heavy (non-hydrogen) atoms. The van der Waals surface area contributed by atoms with Crippen molar-refractivity contribution in [1.82, 2.24) is 40.2 Å². The molecule has 1 fully saturated rings. The number of nitrogens with one attached hydrogen (secondary N) is 3. The third-order valence-corrected chi connectivity index (χ3v) is 27.2. The summed E-state index contributed by atoms with van der Waals surface area (Å²) < 4.78 is 45.8. The van der Waals surface area contributed by atoms with Gasteiger partial charge in [-0.15, -0.1) is 5.10 Å². The molecule has 1 amide bonds. The number of esters is 7. The average molecular weight is 1820 g/mol. The number of fused-ring (bicyclic) bond motifs is 14. The first-order valence-corrected chi connectivity index (χ1v) is 42.9. The average Bonchev–Trinajstić information content (AvgIpc) is 1.52. The Bertz CT molecular complexity index is 5530. The molecular weight excluding hydrogens is 1700 g/mol. The molecule has 9 atom stereocenters. The van der Waals surface area contributed by atoms with Gasteiger partial charge in [0.2, 0.25) is 5.91 Å². The first-order chi connectivity index (χ1) is 60.9. The van der Waals surface area contributed by atoms with Gasteiger partial charge in [-0.3, -0.25) is 58.1 Å². The number of aromatic nitrogens is 7. The van der Waals surface area contributed by atoms with E-state index in [4.69, 9.17) is 91.8 Å². The number of carbonyl (C=O) groups is 9. The number of aliphatic carboxylic acids is 1. The maximum absolute atomic E-state index is 15.0. The Balaban J connectivity index is 0.00000405. The van der Waals surface area contributed by atoms with E-state index in [9.17, 15) is 43.5 Å². The Morgan fingerprint density at radius 2 is 1.18 bits per heavy atom. The van der Waals surface area contributed by atoms with Crippen LogP contribution in [0.4, 0.5) is 0 Å². The van der Waals surface area contributed by atoms with Crippen LogP contribution in [0, 0.1) is 82.8 Å². The molecule has 7 aliphatic heterocycles. The summed E-state index contributed by atoms with van der Waals surface area (Å²) in [5, 5.41) is 39.8. The van der Waals surface area contributed by atoms with Crippen molar-refractivity contribution in [1.29, 1.82) is 10.5 Å². The Labute approximate surface area is 763 Å². The van der Waals surface area contributed by atoms with Gasteiger partial charge < -0.3 is 87.3 Å². The van der Waals surface area contributed by atoms with E-state index >= 15 is 4.79 Å². The van der Waals surface area contributed by atoms with Gasteiger partial charge in [0.05, 0.1) is 122 Å². The largest absolute Gasteiger partial charge is 3.00 e. The summed E-state index contributed by atoms with van der Waals surface area (Å²) >= 11 is 0. The summed E-state index contributed by atoms with van der Waals surface area (Å²) in [5.41, 5.74) is 12.0. The molecule has 32 nitrogen and oxygen atoms in total. The minimum Gasteiger partial charge on any atom is -0.682 e. The van der Waals surface area contributed by atoms with Crippen molar-refractivity contribution in [3.63, 3.8) is 0 Å². The quantitative estimate of drug-likeness (QED) is 0.0142. The maximum atomic E-state index is 15.0. The fourth-order valence-corrected chi connectivity index (χ4v) is 19.6. The van der Waals surface area contributed by atoms with Crippen molar-refractivity contribution in [2.24, 2.45) is 60.3 Å². The number of methoxy groups -OCH3 is 6. The zero-order valence-corrected chi connectivity index (χ0v) is 78.2. The van der Waals surface area contributed by atoms with Gasteiger partial charge in [-0.25, -0.2) is 14.6 Å². The second kappa shape index (κ2) is 43.8. The molecule has 4 N–H and O–H groups in total. The molecule has 11 heterocycles. The number of aliphatic imine (C=N–C) groups is 3. The zero-order chi connectivity index (χ0) is 94.2. The van der Waals surface area contributed by atoms with Gasteiger partial charge >= 0.3 is 64.5 Å². The molecule has 33 heteroatoms. The first kappa shape index (κ1) is 102. The number of hydrogen-bond acceptors (Lipinski definition) is 26. The van der Waals surface area contributed by atoms with Crippen molar-refractivity contribution in [2.75, 3.05) is 69.0 Å². The van der Waals surface area contributed by atoms with Crippen LogP contribution in [0.5, 0.6) is 0 Å². The fourth-order valence-electron chi connectivity index (χ4n) is 19.6. The smallest absolute Gasteiger partial charge is 0.682 e. The number of hydrogen-bond donors (Lipinski definition) is 4. The normalized spacial score (nSPS) is 23.7. The van der Waals surface area contributed by atoms with Crippen LogP contribution >= 0.6 is 0 Å². The van der Waals surface area contributed by atoms with Gasteiger partial charge in [0.1, 0.15) is 0 Å². The van der Waals surface area contributed by atoms with Gasteiger partial charge in [-0.1, -0.05) is 71.2 Å². The molecule has 0 aromatic carbocycles. The molecule has 0 saturated carbocycles. The minimum absolute atomic E-state index is 0. The van der Waals surface area contributed by atoms with E-state index in [0.717, 1.165) is 78.0 Å². The van der Waals surface area contributed by atoms with E-state index in [1.165, 1.54) is 42.7 Å². The van der Waals surface area contributed by atoms with Crippen LogP contribution in [0.25, 0.3) is 55.8 Å². The summed E-state index contributed by atoms with van der Waals surface area (Å²) in [5.74, 6) is -7.54. The van der Waals surface area contributed by atoms with Crippen LogP contribution in [0.15, 0.2) is 99.0 Å². The molecule has 690 valence electrons. The second-order valence-corrected chi connectivity index (χ2v) is 34.7. The number of aryl methyl sites for hydroxylation is 4. The second-order valence-electron chi connectivity index (χ2n) is 34.7. The Kier molecular flexibility index (Phi) is 34.8. The van der Waals surface area contributed by atoms with Gasteiger partial charge in [-0.05, 0) is 186 Å². The number of carboxylic acids is 1. The van der Waals surface area contributed by atoms with Crippen LogP contribution in [0.2, 0.25) is 0 Å². The van der Waals surface area contributed by atoms with Gasteiger partial charge in [0.15, 0.2) is 0 Å². The number of amides is 1. The molecule has 1 unspecified atom stereocenters. The summed E-state index contributed by atoms with van der Waals surface area (Å²) in [4.78, 5) is 157. The zero-order valence-electron chi connectivity index (χ0n) is 77.1. The first-order valence-electron chi connectivity index (χ1n) is 42.9. The van der Waals surface area contributed by atoms with E-state index in [2.05, 4.69) is 38.8 Å². The number of rotatable bonds is 36. The Morgan fingerprint density at radius 3 is 1.81 bits per heavy atom. The number of nitrogens with zero attached hydrogens (tertiary/aromatic N) is 11. The molecule has 4 aromatic rings. The van der Waals surface area contributed by atoms with E-state index in [1.807, 2.05) is 120 Å². The maximum Gasteiger partial charge on any atom is 3.00 e. The summed E-state index contributed by atoms with van der Waals surface area (Å²) in [6, 6.07) is 6.97. The number of carbonyl (C=O) groups excluding carboxylic acids is 8. The molecule has 11 rings (SSSR count). The van der Waals surface area contributed by atoms with Crippen LogP contribution < -0.4 is 5.32 Å². The summed E-state index contributed by atoms with van der Waals surface area (Å²) in [6.45, 7) is 42.3. The molecule has 16 bridgehead atoms. The van der Waals surface area contributed by atoms with Crippen LogP contribution in [0.1, 0.15) is 216 Å². The third-order valence-electron chi connectivity index (χ3n) is 27.2. The predicted octanol–water partition coefficient (Wildman–Crippen LogP) is 14.7. The third kappa shape index (κ3) is 21.6. The SMILES string of the molecule is C=CC1=C(C)c2cc3[nH]c(cc4nc(cc5[nH]c(cc1n2)c(C)c5CCC(=O)NCCOCCn1cc(CCCOC(=O)C[C@]2(C)/C5=C(\C)C6=N[C@@](C)(C7[N-]/C(=C(/C)C8=N/C(=C\C(=N5)[C@H]2CCC(=O)OC)C(C)(C)[C@@H]8CCC(=O)OC)[C@](C)(CCC(=O)OC)[C@H]7CC(=O)OC)[C@@](C)(CC(=O)OC)[C@@H]6CCC(=O)OC)nn1)C(CCC(=O)O)=C4C)c(C)c3C=C.[C-]#N.[C-]#N.[Co+3]. The van der Waals surface area contributed by atoms with Gasteiger partial charge in [-0.2, -0.15) is 5.70 Å². The van der Waals surface area contributed by atoms with E-state index < -0.39 is 105 Å². The monoisotopic (exact) mass is 1810 g/mol. The predicted molar refractivity (Wildman–Crippen MR) is 480 cm³/mol. The fraction of sp³-hybridized carbons (Fsp3) is 0.521. The topological polar surface area (TPSA) is 447 Å². The van der Waals surface area contributed by atoms with Gasteiger partial charge in [0, 0.05) is 148 Å². The molecule has 0 spiro atoms. The van der Waals surface area contributed by atoms with Crippen LogP contribution in [-0.2, 0) is 117 Å². The Morgan fingerprint density at radius 1 is 0.597 bits per heavy atom. The van der Waals surface area contributed by atoms with E-state index in [0.29, 0.717) is 88.3 Å². The molecule has 1 saturated heterocycles. The molecule has 0 radical (unpaired) electrons. The molecule has 4 aromatic heterocycles. The molecular formula is C96H119CoN14O18.